The van der Waals surface area contributed by atoms with Gasteiger partial charge in [0, 0.05) is 7.05 Å². The Morgan fingerprint density at radius 1 is 1.47 bits per heavy atom. The van der Waals surface area contributed by atoms with E-state index in [1.807, 2.05) is 6.92 Å². The number of amides is 3. The quantitative estimate of drug-likeness (QED) is 0.772. The molecule has 2 rings (SSSR count). The Morgan fingerprint density at radius 3 is 2.76 bits per heavy atom. The molecule has 0 spiro atoms. The number of nitrogens with one attached hydrogen (secondary N) is 1. The molecule has 1 aromatic rings. The van der Waals surface area contributed by atoms with Crippen LogP contribution in [0.2, 0.25) is 0 Å². The average molecular weight is 273 g/mol. The van der Waals surface area contributed by atoms with Crippen molar-refractivity contribution in [3.63, 3.8) is 0 Å². The van der Waals surface area contributed by atoms with Gasteiger partial charge in [-0.2, -0.15) is 0 Å². The molecular weight excluding hydrogens is 262 g/mol. The molecule has 0 saturated carbocycles. The Hall–Kier alpha value is -1.19. The predicted octanol–water partition coefficient (Wildman–Crippen LogP) is -0.226. The van der Waals surface area contributed by atoms with Gasteiger partial charge in [0.2, 0.25) is 5.91 Å². The molecule has 2 heterocycles. The average Bonchev–Trinajstić information content (AvgIpc) is 2.67. The molecule has 0 bridgehead atoms. The van der Waals surface area contributed by atoms with E-state index in [0.29, 0.717) is 4.34 Å². The maximum absolute atomic E-state index is 11.7. The predicted molar refractivity (Wildman–Crippen MR) is 63.6 cm³/mol. The molecule has 1 aromatic heterocycles. The second-order valence-electron chi connectivity index (χ2n) is 3.52. The molecule has 1 saturated heterocycles. The highest BCUT2D eigenvalue weighted by Gasteiger charge is 2.38. The van der Waals surface area contributed by atoms with Crippen LogP contribution in [0.4, 0.5) is 4.79 Å². The minimum absolute atomic E-state index is 0.390. The molecule has 0 aliphatic carbocycles. The van der Waals surface area contributed by atoms with Crippen LogP contribution in [0.25, 0.3) is 0 Å². The van der Waals surface area contributed by atoms with Crippen LogP contribution in [-0.4, -0.2) is 45.5 Å². The second kappa shape index (κ2) is 4.59. The maximum atomic E-state index is 11.7. The van der Waals surface area contributed by atoms with Crippen LogP contribution in [0, 0.1) is 6.92 Å². The minimum atomic E-state index is -0.662. The Labute approximate surface area is 106 Å². The highest BCUT2D eigenvalue weighted by molar-refractivity contribution is 8.02. The number of hydrogen-bond acceptors (Lipinski definition) is 7. The fourth-order valence-corrected chi connectivity index (χ4v) is 3.39. The zero-order valence-electron chi connectivity index (χ0n) is 9.21. The number of nitrogens with two attached hydrogens (primary N) is 1. The molecule has 2 atom stereocenters. The number of rotatable bonds is 2. The number of hydrogen-bond donors (Lipinski definition) is 2. The number of carbonyl (C=O) groups is 2. The van der Waals surface area contributed by atoms with Crippen molar-refractivity contribution in [3.8, 4) is 0 Å². The van der Waals surface area contributed by atoms with Crippen molar-refractivity contribution in [2.45, 2.75) is 22.7 Å². The maximum Gasteiger partial charge on any atom is 0.325 e. The van der Waals surface area contributed by atoms with Crippen LogP contribution in [0.5, 0.6) is 0 Å². The van der Waals surface area contributed by atoms with Gasteiger partial charge in [-0.25, -0.2) is 4.79 Å². The summed E-state index contributed by atoms with van der Waals surface area (Å²) in [6, 6.07) is -0.479. The number of nitrogens with zero attached hydrogens (tertiary/aromatic N) is 3. The van der Waals surface area contributed by atoms with Gasteiger partial charge in [0.05, 0.1) is 0 Å². The van der Waals surface area contributed by atoms with Gasteiger partial charge in [-0.15, -0.1) is 10.2 Å². The lowest BCUT2D eigenvalue weighted by molar-refractivity contribution is -0.121. The molecule has 1 aliphatic heterocycles. The van der Waals surface area contributed by atoms with E-state index in [4.69, 9.17) is 5.73 Å². The van der Waals surface area contributed by atoms with Crippen molar-refractivity contribution in [1.82, 2.24) is 20.4 Å². The van der Waals surface area contributed by atoms with E-state index in [9.17, 15) is 9.59 Å². The van der Waals surface area contributed by atoms with Crippen molar-refractivity contribution >= 4 is 35.0 Å². The van der Waals surface area contributed by atoms with Gasteiger partial charge in [-0.1, -0.05) is 23.1 Å². The van der Waals surface area contributed by atoms with E-state index in [1.165, 1.54) is 28.0 Å². The van der Waals surface area contributed by atoms with E-state index in [2.05, 4.69) is 15.5 Å². The molecular formula is C8H11N5O2S2. The van der Waals surface area contributed by atoms with Crippen LogP contribution in [0.1, 0.15) is 5.01 Å². The lowest BCUT2D eigenvalue weighted by Gasteiger charge is -2.34. The lowest BCUT2D eigenvalue weighted by atomic mass is 10.2. The first-order valence-corrected chi connectivity index (χ1v) is 6.48. The molecule has 3 N–H and O–H groups in total. The smallest absolute Gasteiger partial charge is 0.311 e. The molecule has 17 heavy (non-hydrogen) atoms. The van der Waals surface area contributed by atoms with Gasteiger partial charge >= 0.3 is 6.03 Å². The number of urea groups is 1. The standard InChI is InChI=1S/C8H11N5O2S2/c1-3-11-12-8(16-3)17-4-5(9)13(2)7(15)10-6(4)14/h4-5H,9H2,1-2H3,(H,10,14,15). The first-order chi connectivity index (χ1) is 7.99. The number of thioether (sulfide) groups is 1. The molecule has 7 nitrogen and oxygen atoms in total. The Morgan fingerprint density at radius 2 is 2.18 bits per heavy atom. The summed E-state index contributed by atoms with van der Waals surface area (Å²) in [5.41, 5.74) is 5.84. The third kappa shape index (κ3) is 2.40. The van der Waals surface area contributed by atoms with Crippen LogP contribution < -0.4 is 11.1 Å². The minimum Gasteiger partial charge on any atom is -0.311 e. The first-order valence-electron chi connectivity index (χ1n) is 4.79. The fraction of sp³-hybridized carbons (Fsp3) is 0.500. The molecule has 92 valence electrons. The zero-order valence-corrected chi connectivity index (χ0v) is 10.8. The second-order valence-corrected chi connectivity index (χ2v) is 6.09. The Bertz CT molecular complexity index is 463. The summed E-state index contributed by atoms with van der Waals surface area (Å²) in [6.45, 7) is 1.83. The summed E-state index contributed by atoms with van der Waals surface area (Å²) < 4.78 is 0.667. The number of aryl methyl sites for hydroxylation is 1. The monoisotopic (exact) mass is 273 g/mol. The summed E-state index contributed by atoms with van der Waals surface area (Å²) in [4.78, 5) is 24.3. The molecule has 0 radical (unpaired) electrons. The SMILES string of the molecule is Cc1nnc(SC2C(=O)NC(=O)N(C)C2N)s1. The molecule has 0 aromatic carbocycles. The van der Waals surface area contributed by atoms with Gasteiger partial charge in [0.25, 0.3) is 0 Å². The van der Waals surface area contributed by atoms with E-state index < -0.39 is 23.4 Å². The van der Waals surface area contributed by atoms with E-state index in [-0.39, 0.29) is 0 Å². The molecule has 1 fully saturated rings. The van der Waals surface area contributed by atoms with Crippen molar-refractivity contribution in [3.05, 3.63) is 5.01 Å². The van der Waals surface area contributed by atoms with Crippen molar-refractivity contribution in [2.75, 3.05) is 7.05 Å². The summed E-state index contributed by atoms with van der Waals surface area (Å²) in [5.74, 6) is -0.390. The summed E-state index contributed by atoms with van der Waals surface area (Å²) in [7, 11) is 1.55. The number of carbonyl (C=O) groups excluding carboxylic acids is 2. The van der Waals surface area contributed by atoms with Crippen LogP contribution in [-0.2, 0) is 4.79 Å². The third-order valence-electron chi connectivity index (χ3n) is 2.30. The highest BCUT2D eigenvalue weighted by Crippen LogP contribution is 2.29. The summed E-state index contributed by atoms with van der Waals surface area (Å²) in [5, 5.41) is 10.3. The van der Waals surface area contributed by atoms with E-state index >= 15 is 0 Å². The Kier molecular flexibility index (Phi) is 3.31. The third-order valence-corrected chi connectivity index (χ3v) is 4.50. The van der Waals surface area contributed by atoms with E-state index in [0.717, 1.165) is 5.01 Å². The van der Waals surface area contributed by atoms with Gasteiger partial charge in [-0.3, -0.25) is 10.1 Å². The van der Waals surface area contributed by atoms with Gasteiger partial charge in [-0.05, 0) is 6.92 Å². The van der Waals surface area contributed by atoms with Gasteiger partial charge < -0.3 is 10.6 Å². The molecule has 9 heteroatoms. The normalized spacial score (nSPS) is 25.0. The van der Waals surface area contributed by atoms with Crippen molar-refractivity contribution < 1.29 is 9.59 Å². The fourth-order valence-electron chi connectivity index (χ4n) is 1.32. The largest absolute Gasteiger partial charge is 0.325 e. The van der Waals surface area contributed by atoms with Crippen molar-refractivity contribution in [1.29, 1.82) is 0 Å². The Balaban J connectivity index is 2.14. The van der Waals surface area contributed by atoms with Crippen LogP contribution in [0.15, 0.2) is 4.34 Å². The van der Waals surface area contributed by atoms with Crippen molar-refractivity contribution in [2.24, 2.45) is 5.73 Å². The van der Waals surface area contributed by atoms with Crippen LogP contribution >= 0.6 is 23.1 Å². The van der Waals surface area contributed by atoms with Gasteiger partial charge in [0.1, 0.15) is 16.4 Å². The van der Waals surface area contributed by atoms with Crippen LogP contribution in [0.3, 0.4) is 0 Å². The zero-order chi connectivity index (χ0) is 12.6. The number of imide groups is 1. The molecule has 3 amide bonds. The first kappa shape index (κ1) is 12.3. The topological polar surface area (TPSA) is 101 Å². The molecule has 2 unspecified atom stereocenters. The highest BCUT2D eigenvalue weighted by atomic mass is 32.2. The van der Waals surface area contributed by atoms with Gasteiger partial charge in [0.15, 0.2) is 4.34 Å². The molecule has 1 aliphatic rings. The summed E-state index contributed by atoms with van der Waals surface area (Å²) in [6.07, 6.45) is -0.662. The number of aromatic nitrogens is 2. The summed E-state index contributed by atoms with van der Waals surface area (Å²) >= 11 is 2.61. The lowest BCUT2D eigenvalue weighted by Crippen LogP contribution is -2.63. The van der Waals surface area contributed by atoms with E-state index in [1.54, 1.807) is 7.05 Å².